The average molecular weight is 433 g/mol. The maximum Gasteiger partial charge on any atom is 0.343 e. The number of benzene rings is 3. The second-order valence-corrected chi connectivity index (χ2v) is 7.51. The fraction of sp³-hybridized carbons (Fsp3) is 0.269. The fourth-order valence-electron chi connectivity index (χ4n) is 2.95. The predicted octanol–water partition coefficient (Wildman–Crippen LogP) is 7.29. The predicted molar refractivity (Wildman–Crippen MR) is 124 cm³/mol. The van der Waals surface area contributed by atoms with Crippen LogP contribution >= 0.6 is 0 Å². The highest BCUT2D eigenvalue weighted by Crippen LogP contribution is 2.32. The summed E-state index contributed by atoms with van der Waals surface area (Å²) in [5.41, 5.74) is 2.48. The zero-order valence-corrected chi connectivity index (χ0v) is 18.5. The summed E-state index contributed by atoms with van der Waals surface area (Å²) in [7, 11) is 0. The summed E-state index contributed by atoms with van der Waals surface area (Å²) >= 11 is 0. The molecule has 0 bridgehead atoms. The van der Waals surface area contributed by atoms with Gasteiger partial charge in [-0.1, -0.05) is 43.9 Å². The number of nitrogens with zero attached hydrogens (tertiary/aromatic N) is 2. The van der Waals surface area contributed by atoms with E-state index in [0.29, 0.717) is 17.9 Å². The van der Waals surface area contributed by atoms with E-state index in [0.717, 1.165) is 24.2 Å². The lowest BCUT2D eigenvalue weighted by Crippen LogP contribution is -2.08. The van der Waals surface area contributed by atoms with E-state index in [4.69, 9.17) is 9.47 Å². The van der Waals surface area contributed by atoms with Crippen LogP contribution in [0.4, 0.5) is 11.4 Å². The van der Waals surface area contributed by atoms with Gasteiger partial charge in [0.1, 0.15) is 22.9 Å². The van der Waals surface area contributed by atoms with Crippen molar-refractivity contribution in [3.63, 3.8) is 0 Å². The minimum Gasteiger partial charge on any atom is -0.505 e. The Hall–Kier alpha value is -3.67. The zero-order valence-electron chi connectivity index (χ0n) is 18.5. The van der Waals surface area contributed by atoms with Gasteiger partial charge in [-0.05, 0) is 61.9 Å². The van der Waals surface area contributed by atoms with Gasteiger partial charge in [-0.3, -0.25) is 0 Å². The molecule has 0 aliphatic heterocycles. The number of ether oxygens (including phenoxy) is 2. The summed E-state index contributed by atoms with van der Waals surface area (Å²) in [6.45, 7) is 4.83. The first kappa shape index (κ1) is 23.0. The second-order valence-electron chi connectivity index (χ2n) is 7.51. The molecule has 0 radical (unpaired) electrons. The smallest absolute Gasteiger partial charge is 0.343 e. The van der Waals surface area contributed by atoms with E-state index in [2.05, 4.69) is 17.2 Å². The highest BCUT2D eigenvalue weighted by atomic mass is 16.5. The molecule has 32 heavy (non-hydrogen) atoms. The molecule has 0 amide bonds. The number of aromatic hydroxyl groups is 1. The van der Waals surface area contributed by atoms with Crippen LogP contribution in [0.2, 0.25) is 0 Å². The van der Waals surface area contributed by atoms with Gasteiger partial charge in [0, 0.05) is 6.07 Å². The van der Waals surface area contributed by atoms with E-state index in [1.165, 1.54) is 18.9 Å². The van der Waals surface area contributed by atoms with Crippen molar-refractivity contribution in [1.29, 1.82) is 0 Å². The summed E-state index contributed by atoms with van der Waals surface area (Å²) < 4.78 is 11.1. The largest absolute Gasteiger partial charge is 0.505 e. The van der Waals surface area contributed by atoms with Crippen LogP contribution in [-0.2, 0) is 0 Å². The Balaban J connectivity index is 1.55. The number of aryl methyl sites for hydroxylation is 1. The topological polar surface area (TPSA) is 80.5 Å². The molecule has 0 aromatic heterocycles. The van der Waals surface area contributed by atoms with E-state index in [-0.39, 0.29) is 17.2 Å². The van der Waals surface area contributed by atoms with Crippen molar-refractivity contribution in [3.8, 4) is 17.2 Å². The summed E-state index contributed by atoms with van der Waals surface area (Å²) in [5, 5.41) is 18.4. The summed E-state index contributed by atoms with van der Waals surface area (Å²) in [5.74, 6) is 0.294. The number of rotatable bonds is 10. The molecule has 0 aliphatic rings. The molecule has 6 heteroatoms. The van der Waals surface area contributed by atoms with Gasteiger partial charge in [-0.15, -0.1) is 5.11 Å². The number of hydrogen-bond donors (Lipinski definition) is 1. The van der Waals surface area contributed by atoms with Crippen LogP contribution in [0, 0.1) is 6.92 Å². The van der Waals surface area contributed by atoms with Gasteiger partial charge < -0.3 is 14.6 Å². The summed E-state index contributed by atoms with van der Waals surface area (Å²) in [6, 6.07) is 18.8. The van der Waals surface area contributed by atoms with Crippen LogP contribution in [0.5, 0.6) is 17.2 Å². The standard InChI is InChI=1S/C26H28N2O4/c1-3-4-5-6-17-31-22-13-9-20(10-14-22)26(30)32-23-15-16-24(25(29)18-23)28-27-21-11-7-19(2)8-12-21/h7-16,18,29H,3-6,17H2,1-2H3. The molecule has 1 N–H and O–H groups in total. The van der Waals surface area contributed by atoms with Gasteiger partial charge in [0.15, 0.2) is 0 Å². The molecular formula is C26H28N2O4. The molecule has 0 atom stereocenters. The van der Waals surface area contributed by atoms with Crippen molar-refractivity contribution in [3.05, 3.63) is 77.9 Å². The lowest BCUT2D eigenvalue weighted by molar-refractivity contribution is 0.0734. The number of azo groups is 1. The Bertz CT molecular complexity index is 1040. The first-order chi connectivity index (χ1) is 15.5. The Morgan fingerprint density at radius 1 is 0.875 bits per heavy atom. The fourth-order valence-corrected chi connectivity index (χ4v) is 2.95. The van der Waals surface area contributed by atoms with Crippen LogP contribution in [0.25, 0.3) is 0 Å². The molecule has 0 fully saturated rings. The molecule has 0 unspecified atom stereocenters. The highest BCUT2D eigenvalue weighted by Gasteiger charge is 2.11. The normalized spacial score (nSPS) is 10.9. The number of phenols is 1. The van der Waals surface area contributed by atoms with Crippen LogP contribution < -0.4 is 9.47 Å². The first-order valence-corrected chi connectivity index (χ1v) is 10.8. The van der Waals surface area contributed by atoms with Crippen molar-refractivity contribution in [2.75, 3.05) is 6.61 Å². The quantitative estimate of drug-likeness (QED) is 0.158. The van der Waals surface area contributed by atoms with E-state index >= 15 is 0 Å². The molecule has 6 nitrogen and oxygen atoms in total. The van der Waals surface area contributed by atoms with Gasteiger partial charge in [0.25, 0.3) is 0 Å². The number of carbonyl (C=O) groups excluding carboxylic acids is 1. The van der Waals surface area contributed by atoms with E-state index in [1.807, 2.05) is 31.2 Å². The third-order valence-electron chi connectivity index (χ3n) is 4.82. The molecular weight excluding hydrogens is 404 g/mol. The molecule has 166 valence electrons. The average Bonchev–Trinajstić information content (AvgIpc) is 2.80. The third kappa shape index (κ3) is 6.94. The number of carbonyl (C=O) groups is 1. The van der Waals surface area contributed by atoms with Crippen LogP contribution in [0.1, 0.15) is 48.5 Å². The highest BCUT2D eigenvalue weighted by molar-refractivity contribution is 5.91. The van der Waals surface area contributed by atoms with Crippen LogP contribution in [-0.4, -0.2) is 17.7 Å². The Morgan fingerprint density at radius 2 is 1.59 bits per heavy atom. The second kappa shape index (κ2) is 11.6. The van der Waals surface area contributed by atoms with Crippen molar-refractivity contribution < 1.29 is 19.4 Å². The van der Waals surface area contributed by atoms with Gasteiger partial charge >= 0.3 is 5.97 Å². The Labute approximate surface area is 188 Å². The molecule has 0 saturated heterocycles. The van der Waals surface area contributed by atoms with Crippen molar-refractivity contribution in [2.24, 2.45) is 10.2 Å². The lowest BCUT2D eigenvalue weighted by Gasteiger charge is -2.08. The molecule has 3 aromatic rings. The lowest BCUT2D eigenvalue weighted by atomic mass is 10.2. The SMILES string of the molecule is CCCCCCOc1ccc(C(=O)Oc2ccc(N=Nc3ccc(C)cc3)c(O)c2)cc1. The molecule has 0 aliphatic carbocycles. The minimum atomic E-state index is -0.520. The van der Waals surface area contributed by atoms with Crippen molar-refractivity contribution >= 4 is 17.3 Å². The van der Waals surface area contributed by atoms with Gasteiger partial charge in [-0.25, -0.2) is 4.79 Å². The maximum atomic E-state index is 12.4. The summed E-state index contributed by atoms with van der Waals surface area (Å²) in [6.07, 6.45) is 4.57. The number of hydrogen-bond acceptors (Lipinski definition) is 6. The van der Waals surface area contributed by atoms with E-state index in [9.17, 15) is 9.90 Å². The third-order valence-corrected chi connectivity index (χ3v) is 4.82. The minimum absolute atomic E-state index is 0.127. The van der Waals surface area contributed by atoms with Gasteiger partial charge in [0.2, 0.25) is 0 Å². The molecule has 3 rings (SSSR count). The summed E-state index contributed by atoms with van der Waals surface area (Å²) in [4.78, 5) is 12.4. The molecule has 3 aromatic carbocycles. The van der Waals surface area contributed by atoms with Crippen LogP contribution in [0.15, 0.2) is 77.0 Å². The monoisotopic (exact) mass is 432 g/mol. The van der Waals surface area contributed by atoms with Gasteiger partial charge in [0.05, 0.1) is 17.9 Å². The maximum absolute atomic E-state index is 12.4. The molecule has 0 heterocycles. The first-order valence-electron chi connectivity index (χ1n) is 10.8. The van der Waals surface area contributed by atoms with Crippen LogP contribution in [0.3, 0.4) is 0 Å². The number of unbranched alkanes of at least 4 members (excludes halogenated alkanes) is 3. The molecule has 0 spiro atoms. The van der Waals surface area contributed by atoms with Crippen molar-refractivity contribution in [1.82, 2.24) is 0 Å². The Kier molecular flexibility index (Phi) is 8.37. The number of phenolic OH excluding ortho intramolecular Hbond substituents is 1. The zero-order chi connectivity index (χ0) is 22.8. The number of esters is 1. The van der Waals surface area contributed by atoms with Crippen molar-refractivity contribution in [2.45, 2.75) is 39.5 Å². The van der Waals surface area contributed by atoms with Gasteiger partial charge in [-0.2, -0.15) is 5.11 Å². The molecule has 0 saturated carbocycles. The Morgan fingerprint density at radius 3 is 2.28 bits per heavy atom. The van der Waals surface area contributed by atoms with E-state index in [1.54, 1.807) is 36.4 Å². The van der Waals surface area contributed by atoms with E-state index < -0.39 is 5.97 Å².